The Balaban J connectivity index is 0.969. The van der Waals surface area contributed by atoms with Gasteiger partial charge in [0.15, 0.2) is 5.78 Å². The van der Waals surface area contributed by atoms with Gasteiger partial charge in [-0.2, -0.15) is 0 Å². The quantitative estimate of drug-likeness (QED) is 0.161. The Bertz CT molecular complexity index is 3520. The lowest BCUT2D eigenvalue weighted by Crippen LogP contribution is -2.53. The Kier molecular flexibility index (Phi) is 9.62. The van der Waals surface area contributed by atoms with Gasteiger partial charge in [-0.15, -0.1) is 0 Å². The first kappa shape index (κ1) is 43.8. The Hall–Kier alpha value is -6.91. The molecule has 3 heterocycles. The summed E-state index contributed by atoms with van der Waals surface area (Å²) in [5.74, 6) is 1.59. The molecule has 8 atom stereocenters. The maximum Gasteiger partial charge on any atom is 0.170 e. The van der Waals surface area contributed by atoms with Gasteiger partial charge in [-0.1, -0.05) is 169 Å². The van der Waals surface area contributed by atoms with Gasteiger partial charge in [-0.25, -0.2) is 0 Å². The molecule has 4 nitrogen and oxygen atoms in total. The fourth-order valence-corrected chi connectivity index (χ4v) is 14.3. The van der Waals surface area contributed by atoms with E-state index in [9.17, 15) is 0 Å². The molecule has 8 unspecified atom stereocenters. The first-order chi connectivity index (χ1) is 34.9. The number of aromatic nitrogens is 1. The molecule has 1 saturated heterocycles. The van der Waals surface area contributed by atoms with E-state index in [2.05, 4.69) is 233 Å². The van der Waals surface area contributed by atoms with Gasteiger partial charge in [0.05, 0.1) is 29.3 Å². The molecule has 6 aliphatic carbocycles. The Morgan fingerprint density at radius 1 is 0.736 bits per heavy atom. The number of piperidine rings is 1. The van der Waals surface area contributed by atoms with Gasteiger partial charge in [0.25, 0.3) is 0 Å². The van der Waals surface area contributed by atoms with E-state index in [1.807, 2.05) is 0 Å². The van der Waals surface area contributed by atoms with Crippen molar-refractivity contribution in [3.8, 4) is 11.1 Å². The zero-order valence-corrected chi connectivity index (χ0v) is 42.9. The number of anilines is 3. The lowest BCUT2D eigenvalue weighted by Gasteiger charge is -2.52. The zero-order valence-electron chi connectivity index (χ0n) is 42.9. The number of allylic oxidation sites excluding steroid dienone is 9. The lowest BCUT2D eigenvalue weighted by atomic mass is 9.65. The van der Waals surface area contributed by atoms with Gasteiger partial charge in [-0.3, -0.25) is 4.79 Å². The first-order valence-corrected chi connectivity index (χ1v) is 26.9. The lowest BCUT2D eigenvalue weighted by molar-refractivity contribution is -0.120. The molecule has 2 aliphatic heterocycles. The normalized spacial score (nSPS) is 26.7. The van der Waals surface area contributed by atoms with Crippen LogP contribution in [-0.2, 0) is 10.2 Å². The summed E-state index contributed by atoms with van der Waals surface area (Å²) in [6, 6.07) is 41.8. The first-order valence-electron chi connectivity index (χ1n) is 26.9. The molecule has 0 bridgehead atoms. The van der Waals surface area contributed by atoms with Crippen molar-refractivity contribution in [2.45, 2.75) is 110 Å². The predicted molar refractivity (Wildman–Crippen MR) is 299 cm³/mol. The highest BCUT2D eigenvalue weighted by atomic mass is 16.1. The van der Waals surface area contributed by atoms with E-state index >= 15 is 4.79 Å². The molecule has 14 rings (SSSR count). The third kappa shape index (κ3) is 6.46. The monoisotopic (exact) mass is 940 g/mol. The average Bonchev–Trinajstić information content (AvgIpc) is 4.01. The summed E-state index contributed by atoms with van der Waals surface area (Å²) >= 11 is 0. The molecule has 1 aromatic heterocycles. The van der Waals surface area contributed by atoms with Crippen molar-refractivity contribution in [2.75, 3.05) is 9.80 Å². The van der Waals surface area contributed by atoms with Gasteiger partial charge >= 0.3 is 0 Å². The summed E-state index contributed by atoms with van der Waals surface area (Å²) in [5, 5.41) is 1.34. The second-order valence-electron chi connectivity index (χ2n) is 24.2. The summed E-state index contributed by atoms with van der Waals surface area (Å²) in [4.78, 5) is 20.9. The van der Waals surface area contributed by atoms with Crippen LogP contribution in [0.3, 0.4) is 0 Å². The van der Waals surface area contributed by atoms with Gasteiger partial charge in [0.1, 0.15) is 0 Å². The third-order valence-electron chi connectivity index (χ3n) is 18.0. The summed E-state index contributed by atoms with van der Waals surface area (Å²) in [6.07, 6.45) is 27.4. The van der Waals surface area contributed by atoms with Crippen molar-refractivity contribution < 1.29 is 4.79 Å². The number of hydrogen-bond acceptors (Lipinski definition) is 3. The van der Waals surface area contributed by atoms with Crippen LogP contribution >= 0.6 is 0 Å². The molecule has 6 aromatic rings. The van der Waals surface area contributed by atoms with E-state index in [1.165, 1.54) is 95.7 Å². The Morgan fingerprint density at radius 2 is 1.53 bits per heavy atom. The highest BCUT2D eigenvalue weighted by Crippen LogP contribution is 2.61. The number of carbonyl (C=O) groups is 1. The van der Waals surface area contributed by atoms with Crippen molar-refractivity contribution >= 4 is 45.4 Å². The smallest absolute Gasteiger partial charge is 0.170 e. The predicted octanol–water partition coefficient (Wildman–Crippen LogP) is 16.5. The van der Waals surface area contributed by atoms with Gasteiger partial charge in [0.2, 0.25) is 0 Å². The average molecular weight is 940 g/mol. The van der Waals surface area contributed by atoms with Crippen LogP contribution in [0.1, 0.15) is 131 Å². The van der Waals surface area contributed by atoms with Crippen LogP contribution in [-0.4, -0.2) is 22.4 Å². The minimum absolute atomic E-state index is 0.00830. The van der Waals surface area contributed by atoms with E-state index < -0.39 is 0 Å². The van der Waals surface area contributed by atoms with Crippen molar-refractivity contribution in [1.82, 2.24) is 4.57 Å². The summed E-state index contributed by atoms with van der Waals surface area (Å²) in [6.45, 7) is 16.2. The molecule has 0 N–H and O–H groups in total. The van der Waals surface area contributed by atoms with Crippen LogP contribution in [0.25, 0.3) is 33.7 Å². The number of ketones is 1. The van der Waals surface area contributed by atoms with Crippen molar-refractivity contribution in [2.24, 2.45) is 23.2 Å². The standard InChI is InChI=1S/C68H65N3O/c1-8-48-55-36-42(67(2,3)4)26-33-59(55)71-60-34-27-43(68(5,6)7)37-57(60)66(72)58-39-47(38-56(48)64(58)71)70-63-52(30-25-41-35-54(41)63)53-32-31-51-49-21-15-16-22-50(49)61(62(51)65(53)70)40-23-28-46(29-24-40)69(44-17-11-9-12-18-44)45-19-13-10-14-20-45/h8-19,21-34,36,39,41,43,45,47,54,57,60-61H,20,35,37-38H2,1-7H3/b48-8-. The molecular weight excluding hydrogens is 875 g/mol. The zero-order chi connectivity index (χ0) is 48.9. The number of carbonyl (C=O) groups excluding carboxylic acids is 1. The van der Waals surface area contributed by atoms with Gasteiger partial charge < -0.3 is 14.4 Å². The van der Waals surface area contributed by atoms with Crippen molar-refractivity contribution in [3.63, 3.8) is 0 Å². The molecular formula is C68H65N3O. The number of para-hydroxylation sites is 1. The van der Waals surface area contributed by atoms with Crippen LogP contribution in [0.15, 0.2) is 181 Å². The maximum atomic E-state index is 15.8. The number of rotatable bonds is 5. The Labute approximate surface area is 426 Å². The fraction of sp³-hybridized carbons (Fsp3) is 0.309. The van der Waals surface area contributed by atoms with Crippen LogP contribution in [0.5, 0.6) is 0 Å². The maximum absolute atomic E-state index is 15.8. The fourth-order valence-electron chi connectivity index (χ4n) is 14.3. The second kappa shape index (κ2) is 15.8. The topological polar surface area (TPSA) is 28.5 Å². The van der Waals surface area contributed by atoms with Crippen molar-refractivity contribution in [1.29, 1.82) is 0 Å². The number of fused-ring (bicyclic) bond motifs is 13. The van der Waals surface area contributed by atoms with E-state index in [-0.39, 0.29) is 40.8 Å². The highest BCUT2D eigenvalue weighted by Gasteiger charge is 2.52. The largest absolute Gasteiger partial charge is 0.336 e. The molecule has 358 valence electrons. The van der Waals surface area contributed by atoms with Crippen LogP contribution < -0.4 is 9.80 Å². The number of benzene rings is 5. The molecule has 0 radical (unpaired) electrons. The summed E-state index contributed by atoms with van der Waals surface area (Å²) < 4.78 is 2.80. The molecule has 8 aliphatic rings. The minimum Gasteiger partial charge on any atom is -0.336 e. The molecule has 0 amide bonds. The van der Waals surface area contributed by atoms with Crippen molar-refractivity contribution in [3.05, 3.63) is 220 Å². The number of nitrogens with zero attached hydrogens (tertiary/aromatic N) is 3. The minimum atomic E-state index is -0.128. The molecule has 4 heteroatoms. The number of hydrogen-bond donors (Lipinski definition) is 0. The highest BCUT2D eigenvalue weighted by molar-refractivity contribution is 6.10. The van der Waals surface area contributed by atoms with Crippen LogP contribution in [0.2, 0.25) is 0 Å². The van der Waals surface area contributed by atoms with Gasteiger partial charge in [-0.05, 0) is 142 Å². The molecule has 72 heavy (non-hydrogen) atoms. The van der Waals surface area contributed by atoms with Crippen LogP contribution in [0, 0.1) is 23.2 Å². The summed E-state index contributed by atoms with van der Waals surface area (Å²) in [5.41, 5.74) is 21.9. The van der Waals surface area contributed by atoms with E-state index in [4.69, 9.17) is 0 Å². The SMILES string of the molecule is C/C=C1\C2=C3C(=CC(n4c5c(c6ccc7c(c64)C(c4ccc(N(c6ccccc6)C6C=CC=CC6)cc4)c4ccccc4-7)C=CC4CC54)C2)C(=O)C2CC(C(C)(C)C)C=CC2N3c2ccc(C(C)(C)C)cc21. The Morgan fingerprint density at radius 3 is 2.29 bits per heavy atom. The van der Waals surface area contributed by atoms with Gasteiger partial charge in [0, 0.05) is 62.6 Å². The van der Waals surface area contributed by atoms with E-state index in [0.717, 1.165) is 30.5 Å². The third-order valence-corrected chi connectivity index (χ3v) is 18.0. The second-order valence-corrected chi connectivity index (χ2v) is 24.2. The molecule has 1 saturated carbocycles. The van der Waals surface area contributed by atoms with E-state index in [0.29, 0.717) is 23.5 Å². The molecule has 0 spiro atoms. The summed E-state index contributed by atoms with van der Waals surface area (Å²) in [7, 11) is 0. The molecule has 5 aromatic carbocycles. The van der Waals surface area contributed by atoms with E-state index in [1.54, 1.807) is 0 Å². The van der Waals surface area contributed by atoms with Crippen LogP contribution in [0.4, 0.5) is 17.1 Å². The molecule has 2 fully saturated rings. The number of Topliss-reactive ketones (excluding diaryl/α,β-unsaturated/α-hetero) is 1.